The van der Waals surface area contributed by atoms with Crippen molar-refractivity contribution in [2.75, 3.05) is 11.9 Å². The summed E-state index contributed by atoms with van der Waals surface area (Å²) >= 11 is 0. The van der Waals surface area contributed by atoms with Gasteiger partial charge in [0.2, 0.25) is 5.91 Å². The standard InChI is InChI=1S/C12H15NO3/c1-9-3-5-10(6-4-9)13(2)11(14)7-8-12(15)16/h3-6H,7-8H2,1-2H3,(H,15,16). The first-order valence-electron chi connectivity index (χ1n) is 5.05. The molecule has 1 N–H and O–H groups in total. The van der Waals surface area contributed by atoms with Crippen LogP contribution in [0.4, 0.5) is 5.69 Å². The van der Waals surface area contributed by atoms with E-state index in [0.717, 1.165) is 11.3 Å². The van der Waals surface area contributed by atoms with E-state index in [1.165, 1.54) is 4.90 Å². The minimum Gasteiger partial charge on any atom is -0.481 e. The van der Waals surface area contributed by atoms with Crippen LogP contribution in [0.2, 0.25) is 0 Å². The summed E-state index contributed by atoms with van der Waals surface area (Å²) in [4.78, 5) is 23.4. The number of aliphatic carboxylic acids is 1. The molecule has 0 saturated heterocycles. The molecule has 4 nitrogen and oxygen atoms in total. The molecule has 0 aliphatic heterocycles. The quantitative estimate of drug-likeness (QED) is 0.843. The van der Waals surface area contributed by atoms with Gasteiger partial charge in [0.1, 0.15) is 0 Å². The van der Waals surface area contributed by atoms with Gasteiger partial charge in [0.25, 0.3) is 0 Å². The number of amides is 1. The van der Waals surface area contributed by atoms with Gasteiger partial charge in [0.05, 0.1) is 6.42 Å². The number of hydrogen-bond donors (Lipinski definition) is 1. The second-order valence-electron chi connectivity index (χ2n) is 3.68. The summed E-state index contributed by atoms with van der Waals surface area (Å²) < 4.78 is 0. The Labute approximate surface area is 94.5 Å². The fourth-order valence-corrected chi connectivity index (χ4v) is 1.29. The largest absolute Gasteiger partial charge is 0.481 e. The number of carboxylic acid groups (broad SMARTS) is 1. The van der Waals surface area contributed by atoms with Crippen molar-refractivity contribution >= 4 is 17.6 Å². The summed E-state index contributed by atoms with van der Waals surface area (Å²) in [6, 6.07) is 7.51. The Kier molecular flexibility index (Phi) is 4.05. The molecule has 0 atom stereocenters. The van der Waals surface area contributed by atoms with Crippen molar-refractivity contribution in [2.45, 2.75) is 19.8 Å². The van der Waals surface area contributed by atoms with Gasteiger partial charge >= 0.3 is 5.97 Å². The van der Waals surface area contributed by atoms with Crippen molar-refractivity contribution in [1.29, 1.82) is 0 Å². The average molecular weight is 221 g/mol. The number of rotatable bonds is 4. The fraction of sp³-hybridized carbons (Fsp3) is 0.333. The first-order chi connectivity index (χ1) is 7.50. The van der Waals surface area contributed by atoms with Crippen LogP contribution in [0.5, 0.6) is 0 Å². The van der Waals surface area contributed by atoms with E-state index in [0.29, 0.717) is 0 Å². The van der Waals surface area contributed by atoms with Crippen molar-refractivity contribution < 1.29 is 14.7 Å². The van der Waals surface area contributed by atoms with Crippen molar-refractivity contribution in [3.05, 3.63) is 29.8 Å². The van der Waals surface area contributed by atoms with Crippen LogP contribution in [-0.4, -0.2) is 24.0 Å². The lowest BCUT2D eigenvalue weighted by Gasteiger charge is -2.16. The highest BCUT2D eigenvalue weighted by atomic mass is 16.4. The summed E-state index contributed by atoms with van der Waals surface area (Å²) in [5.74, 6) is -1.14. The molecule has 0 aromatic heterocycles. The summed E-state index contributed by atoms with van der Waals surface area (Å²) in [5, 5.41) is 8.48. The van der Waals surface area contributed by atoms with Crippen LogP contribution >= 0.6 is 0 Å². The number of benzene rings is 1. The zero-order chi connectivity index (χ0) is 12.1. The third-order valence-corrected chi connectivity index (χ3v) is 2.35. The molecule has 0 spiro atoms. The molecule has 0 bridgehead atoms. The number of hydrogen-bond acceptors (Lipinski definition) is 2. The Balaban J connectivity index is 2.63. The van der Waals surface area contributed by atoms with Crippen molar-refractivity contribution in [2.24, 2.45) is 0 Å². The SMILES string of the molecule is Cc1ccc(N(C)C(=O)CCC(=O)O)cc1. The van der Waals surface area contributed by atoms with Crippen LogP contribution in [0.15, 0.2) is 24.3 Å². The Morgan fingerprint density at radius 2 is 1.75 bits per heavy atom. The highest BCUT2D eigenvalue weighted by molar-refractivity contribution is 5.94. The first kappa shape index (κ1) is 12.2. The number of nitrogens with zero attached hydrogens (tertiary/aromatic N) is 1. The number of carbonyl (C=O) groups excluding carboxylic acids is 1. The lowest BCUT2D eigenvalue weighted by Crippen LogP contribution is -2.26. The predicted octanol–water partition coefficient (Wildman–Crippen LogP) is 1.82. The van der Waals surface area contributed by atoms with Gasteiger partial charge in [-0.3, -0.25) is 9.59 Å². The van der Waals surface area contributed by atoms with Crippen molar-refractivity contribution in [3.8, 4) is 0 Å². The zero-order valence-electron chi connectivity index (χ0n) is 9.43. The van der Waals surface area contributed by atoms with Gasteiger partial charge < -0.3 is 10.0 Å². The maximum absolute atomic E-state index is 11.6. The van der Waals surface area contributed by atoms with E-state index in [4.69, 9.17) is 5.11 Å². The molecular formula is C12H15NO3. The minimum absolute atomic E-state index is 0.0275. The zero-order valence-corrected chi connectivity index (χ0v) is 9.43. The average Bonchev–Trinajstić information content (AvgIpc) is 2.26. The van der Waals surface area contributed by atoms with Crippen LogP contribution < -0.4 is 4.90 Å². The van der Waals surface area contributed by atoms with Crippen LogP contribution in [-0.2, 0) is 9.59 Å². The molecule has 0 aliphatic carbocycles. The molecule has 16 heavy (non-hydrogen) atoms. The van der Waals surface area contributed by atoms with E-state index in [-0.39, 0.29) is 18.7 Å². The molecule has 1 rings (SSSR count). The predicted molar refractivity (Wildman–Crippen MR) is 61.5 cm³/mol. The van der Waals surface area contributed by atoms with E-state index in [1.807, 2.05) is 31.2 Å². The van der Waals surface area contributed by atoms with E-state index in [2.05, 4.69) is 0 Å². The smallest absolute Gasteiger partial charge is 0.303 e. The lowest BCUT2D eigenvalue weighted by molar-refractivity contribution is -0.138. The molecule has 1 amide bonds. The number of carboxylic acids is 1. The van der Waals surface area contributed by atoms with Crippen LogP contribution in [0.25, 0.3) is 0 Å². The molecular weight excluding hydrogens is 206 g/mol. The number of anilines is 1. The number of carbonyl (C=O) groups is 2. The van der Waals surface area contributed by atoms with Gasteiger partial charge in [0, 0.05) is 19.2 Å². The highest BCUT2D eigenvalue weighted by Gasteiger charge is 2.11. The van der Waals surface area contributed by atoms with E-state index < -0.39 is 5.97 Å². The molecule has 0 aliphatic rings. The van der Waals surface area contributed by atoms with Gasteiger partial charge in [-0.05, 0) is 19.1 Å². The Bertz CT molecular complexity index is 384. The Morgan fingerprint density at radius 3 is 2.25 bits per heavy atom. The molecule has 86 valence electrons. The second kappa shape index (κ2) is 5.30. The Hall–Kier alpha value is -1.84. The Morgan fingerprint density at radius 1 is 1.19 bits per heavy atom. The summed E-state index contributed by atoms with van der Waals surface area (Å²) in [6.07, 6.45) is -0.102. The van der Waals surface area contributed by atoms with Crippen LogP contribution in [0, 0.1) is 6.92 Å². The first-order valence-corrected chi connectivity index (χ1v) is 5.05. The summed E-state index contributed by atoms with van der Waals surface area (Å²) in [5.41, 5.74) is 1.90. The molecule has 0 heterocycles. The van der Waals surface area contributed by atoms with Crippen LogP contribution in [0.1, 0.15) is 18.4 Å². The molecule has 1 aromatic rings. The van der Waals surface area contributed by atoms with Gasteiger partial charge in [0.15, 0.2) is 0 Å². The van der Waals surface area contributed by atoms with Crippen LogP contribution in [0.3, 0.4) is 0 Å². The number of aryl methyl sites for hydroxylation is 1. The maximum atomic E-state index is 11.6. The minimum atomic E-state index is -0.953. The molecule has 0 unspecified atom stereocenters. The third kappa shape index (κ3) is 3.38. The fourth-order valence-electron chi connectivity index (χ4n) is 1.29. The third-order valence-electron chi connectivity index (χ3n) is 2.35. The highest BCUT2D eigenvalue weighted by Crippen LogP contribution is 2.14. The van der Waals surface area contributed by atoms with Crippen molar-refractivity contribution in [3.63, 3.8) is 0 Å². The van der Waals surface area contributed by atoms with Gasteiger partial charge in [-0.2, -0.15) is 0 Å². The van der Waals surface area contributed by atoms with E-state index in [1.54, 1.807) is 7.05 Å². The van der Waals surface area contributed by atoms with Gasteiger partial charge in [-0.15, -0.1) is 0 Å². The normalized spacial score (nSPS) is 9.88. The molecule has 0 radical (unpaired) electrons. The van der Waals surface area contributed by atoms with E-state index in [9.17, 15) is 9.59 Å². The van der Waals surface area contributed by atoms with E-state index >= 15 is 0 Å². The molecule has 0 fully saturated rings. The lowest BCUT2D eigenvalue weighted by atomic mass is 10.2. The monoisotopic (exact) mass is 221 g/mol. The van der Waals surface area contributed by atoms with Gasteiger partial charge in [-0.25, -0.2) is 0 Å². The molecule has 1 aromatic carbocycles. The molecule has 4 heteroatoms. The molecule has 0 saturated carbocycles. The van der Waals surface area contributed by atoms with Gasteiger partial charge in [-0.1, -0.05) is 17.7 Å². The van der Waals surface area contributed by atoms with Crippen molar-refractivity contribution in [1.82, 2.24) is 0 Å². The maximum Gasteiger partial charge on any atom is 0.303 e. The second-order valence-corrected chi connectivity index (χ2v) is 3.68. The summed E-state index contributed by atoms with van der Waals surface area (Å²) in [7, 11) is 1.65. The summed E-state index contributed by atoms with van der Waals surface area (Å²) in [6.45, 7) is 1.97. The topological polar surface area (TPSA) is 57.6 Å².